The number of pyridine rings is 1. The maximum atomic E-state index is 10.6. The highest BCUT2D eigenvalue weighted by atomic mass is 16.6. The molecule has 0 radical (unpaired) electrons. The summed E-state index contributed by atoms with van der Waals surface area (Å²) in [5, 5.41) is 10.6. The van der Waals surface area contributed by atoms with E-state index < -0.39 is 4.92 Å². The van der Waals surface area contributed by atoms with Gasteiger partial charge in [-0.25, -0.2) is 9.97 Å². The molecule has 0 aliphatic carbocycles. The van der Waals surface area contributed by atoms with Crippen molar-refractivity contribution in [3.8, 4) is 5.82 Å². The molecule has 7 heteroatoms. The van der Waals surface area contributed by atoms with Crippen LogP contribution in [0.3, 0.4) is 0 Å². The molecule has 2 heterocycles. The number of hydrogen-bond donors (Lipinski definition) is 1. The Morgan fingerprint density at radius 2 is 2.25 bits per heavy atom. The summed E-state index contributed by atoms with van der Waals surface area (Å²) in [7, 11) is 0. The van der Waals surface area contributed by atoms with E-state index >= 15 is 0 Å². The molecule has 0 atom stereocenters. The fraction of sp³-hybridized carbons (Fsp3) is 0.111. The third-order valence-corrected chi connectivity index (χ3v) is 2.16. The topological polar surface area (TPSA) is 99.9 Å². The molecule has 0 amide bonds. The molecule has 7 nitrogen and oxygen atoms in total. The maximum Gasteiger partial charge on any atom is 0.311 e. The SMILES string of the molecule is Cc1nccn1-c1ccc([N+](=O)[O-])c(N)n1. The number of nitrogens with zero attached hydrogens (tertiary/aromatic N) is 4. The molecular weight excluding hydrogens is 210 g/mol. The van der Waals surface area contributed by atoms with Gasteiger partial charge in [0.1, 0.15) is 11.6 Å². The average molecular weight is 219 g/mol. The summed E-state index contributed by atoms with van der Waals surface area (Å²) in [6, 6.07) is 2.86. The lowest BCUT2D eigenvalue weighted by molar-refractivity contribution is -0.384. The minimum Gasteiger partial charge on any atom is -0.378 e. The fourth-order valence-corrected chi connectivity index (χ4v) is 1.37. The molecule has 16 heavy (non-hydrogen) atoms. The molecule has 0 bridgehead atoms. The second kappa shape index (κ2) is 3.61. The number of nitro groups is 1. The van der Waals surface area contributed by atoms with Gasteiger partial charge >= 0.3 is 5.69 Å². The van der Waals surface area contributed by atoms with Crippen LogP contribution in [0.4, 0.5) is 11.5 Å². The average Bonchev–Trinajstić information content (AvgIpc) is 2.63. The molecule has 0 aromatic carbocycles. The van der Waals surface area contributed by atoms with Gasteiger partial charge in [-0.1, -0.05) is 0 Å². The van der Waals surface area contributed by atoms with Crippen LogP contribution < -0.4 is 5.73 Å². The van der Waals surface area contributed by atoms with Crippen molar-refractivity contribution in [1.29, 1.82) is 0 Å². The molecule has 2 N–H and O–H groups in total. The van der Waals surface area contributed by atoms with Crippen molar-refractivity contribution >= 4 is 11.5 Å². The molecule has 0 spiro atoms. The van der Waals surface area contributed by atoms with Crippen LogP contribution in [0.15, 0.2) is 24.5 Å². The van der Waals surface area contributed by atoms with Crippen LogP contribution in [0.5, 0.6) is 0 Å². The van der Waals surface area contributed by atoms with Crippen molar-refractivity contribution in [3.05, 3.63) is 40.5 Å². The first kappa shape index (κ1) is 10.1. The number of rotatable bonds is 2. The van der Waals surface area contributed by atoms with Gasteiger partial charge in [0, 0.05) is 18.5 Å². The molecule has 2 aromatic heterocycles. The molecule has 2 aromatic rings. The van der Waals surface area contributed by atoms with Crippen molar-refractivity contribution in [1.82, 2.24) is 14.5 Å². The quantitative estimate of drug-likeness (QED) is 0.601. The summed E-state index contributed by atoms with van der Waals surface area (Å²) in [6.07, 6.45) is 3.33. The first-order valence-corrected chi connectivity index (χ1v) is 4.51. The third kappa shape index (κ3) is 1.58. The lowest BCUT2D eigenvalue weighted by Gasteiger charge is -2.04. The van der Waals surface area contributed by atoms with E-state index in [1.54, 1.807) is 23.9 Å². The van der Waals surface area contributed by atoms with Gasteiger partial charge in [-0.05, 0) is 13.0 Å². The number of imidazole rings is 1. The van der Waals surface area contributed by atoms with Gasteiger partial charge in [0.2, 0.25) is 5.82 Å². The number of nitrogen functional groups attached to an aromatic ring is 1. The Hall–Kier alpha value is -2.44. The van der Waals surface area contributed by atoms with Gasteiger partial charge in [0.15, 0.2) is 0 Å². The number of hydrogen-bond acceptors (Lipinski definition) is 5. The van der Waals surface area contributed by atoms with Crippen LogP contribution in [0.2, 0.25) is 0 Å². The predicted molar refractivity (Wildman–Crippen MR) is 57.2 cm³/mol. The number of aromatic nitrogens is 3. The lowest BCUT2D eigenvalue weighted by Crippen LogP contribution is -2.04. The van der Waals surface area contributed by atoms with Gasteiger partial charge < -0.3 is 5.73 Å². The van der Waals surface area contributed by atoms with E-state index in [0.717, 1.165) is 5.82 Å². The highest BCUT2D eigenvalue weighted by Crippen LogP contribution is 2.20. The molecule has 0 fully saturated rings. The minimum absolute atomic E-state index is 0.101. The smallest absolute Gasteiger partial charge is 0.311 e. The summed E-state index contributed by atoms with van der Waals surface area (Å²) in [5.74, 6) is 1.15. The van der Waals surface area contributed by atoms with Gasteiger partial charge in [-0.2, -0.15) is 0 Å². The Labute approximate surface area is 90.7 Å². The first-order valence-electron chi connectivity index (χ1n) is 4.51. The van der Waals surface area contributed by atoms with Crippen LogP contribution in [-0.2, 0) is 0 Å². The Bertz CT molecular complexity index is 549. The second-order valence-electron chi connectivity index (χ2n) is 3.18. The van der Waals surface area contributed by atoms with Crippen molar-refractivity contribution in [2.75, 3.05) is 5.73 Å². The molecule has 0 unspecified atom stereocenters. The summed E-state index contributed by atoms with van der Waals surface area (Å²) >= 11 is 0. The summed E-state index contributed by atoms with van der Waals surface area (Å²) < 4.78 is 1.69. The van der Waals surface area contributed by atoms with Crippen LogP contribution in [0.25, 0.3) is 5.82 Å². The molecular formula is C9H9N5O2. The van der Waals surface area contributed by atoms with Crippen molar-refractivity contribution in [3.63, 3.8) is 0 Å². The zero-order chi connectivity index (χ0) is 11.7. The molecule has 0 saturated carbocycles. The van der Waals surface area contributed by atoms with E-state index in [1.165, 1.54) is 12.1 Å². The summed E-state index contributed by atoms with van der Waals surface area (Å²) in [4.78, 5) is 18.0. The molecule has 0 aliphatic heterocycles. The van der Waals surface area contributed by atoms with Crippen LogP contribution in [0.1, 0.15) is 5.82 Å². The first-order chi connectivity index (χ1) is 7.59. The van der Waals surface area contributed by atoms with E-state index in [1.807, 2.05) is 0 Å². The monoisotopic (exact) mass is 219 g/mol. The van der Waals surface area contributed by atoms with Gasteiger partial charge in [0.25, 0.3) is 0 Å². The van der Waals surface area contributed by atoms with Crippen molar-refractivity contribution in [2.24, 2.45) is 0 Å². The maximum absolute atomic E-state index is 10.6. The normalized spacial score (nSPS) is 10.3. The van der Waals surface area contributed by atoms with Crippen molar-refractivity contribution in [2.45, 2.75) is 6.92 Å². The third-order valence-electron chi connectivity index (χ3n) is 2.16. The van der Waals surface area contributed by atoms with E-state index in [0.29, 0.717) is 5.82 Å². The standard InChI is InChI=1S/C9H9N5O2/c1-6-11-4-5-13(6)8-3-2-7(14(15)16)9(10)12-8/h2-5H,1H3,(H2,10,12). The van der Waals surface area contributed by atoms with Crippen LogP contribution in [-0.4, -0.2) is 19.5 Å². The zero-order valence-corrected chi connectivity index (χ0v) is 8.49. The van der Waals surface area contributed by atoms with Crippen LogP contribution >= 0.6 is 0 Å². The molecule has 0 saturated heterocycles. The Balaban J connectivity index is 2.50. The zero-order valence-electron chi connectivity index (χ0n) is 8.49. The predicted octanol–water partition coefficient (Wildman–Crippen LogP) is 1.07. The Morgan fingerprint density at radius 3 is 2.75 bits per heavy atom. The molecule has 2 rings (SSSR count). The number of nitrogens with two attached hydrogens (primary N) is 1. The molecule has 82 valence electrons. The van der Waals surface area contributed by atoms with E-state index in [2.05, 4.69) is 9.97 Å². The summed E-state index contributed by atoms with van der Waals surface area (Å²) in [5.41, 5.74) is 5.30. The lowest BCUT2D eigenvalue weighted by atomic mass is 10.4. The number of aryl methyl sites for hydroxylation is 1. The summed E-state index contributed by atoms with van der Waals surface area (Å²) in [6.45, 7) is 1.80. The second-order valence-corrected chi connectivity index (χ2v) is 3.18. The van der Waals surface area contributed by atoms with Crippen molar-refractivity contribution < 1.29 is 4.92 Å². The van der Waals surface area contributed by atoms with E-state index in [-0.39, 0.29) is 11.5 Å². The highest BCUT2D eigenvalue weighted by Gasteiger charge is 2.13. The molecule has 0 aliphatic rings. The van der Waals surface area contributed by atoms with Gasteiger partial charge in [-0.15, -0.1) is 0 Å². The van der Waals surface area contributed by atoms with E-state index in [9.17, 15) is 10.1 Å². The van der Waals surface area contributed by atoms with E-state index in [4.69, 9.17) is 5.73 Å². The Morgan fingerprint density at radius 1 is 1.50 bits per heavy atom. The highest BCUT2D eigenvalue weighted by molar-refractivity contribution is 5.54. The Kier molecular flexibility index (Phi) is 2.28. The minimum atomic E-state index is -0.563. The fourth-order valence-electron chi connectivity index (χ4n) is 1.37. The van der Waals surface area contributed by atoms with Gasteiger partial charge in [-0.3, -0.25) is 14.7 Å². The number of anilines is 1. The van der Waals surface area contributed by atoms with Crippen LogP contribution in [0, 0.1) is 17.0 Å². The van der Waals surface area contributed by atoms with Gasteiger partial charge in [0.05, 0.1) is 4.92 Å². The largest absolute Gasteiger partial charge is 0.378 e.